The van der Waals surface area contributed by atoms with Crippen LogP contribution in [-0.2, 0) is 6.42 Å². The summed E-state index contributed by atoms with van der Waals surface area (Å²) in [6.07, 6.45) is 11.3. The van der Waals surface area contributed by atoms with Crippen LogP contribution in [0.5, 0.6) is 11.5 Å². The molecular formula is C26H38F2O2. The molecule has 0 amide bonds. The number of fused-ring (bicyclic) bond motifs is 1. The van der Waals surface area contributed by atoms with Gasteiger partial charge >= 0.3 is 0 Å². The quantitative estimate of drug-likeness (QED) is 0.468. The summed E-state index contributed by atoms with van der Waals surface area (Å²) in [5.41, 5.74) is 0.885. The van der Waals surface area contributed by atoms with Crippen molar-refractivity contribution in [1.82, 2.24) is 0 Å². The fraction of sp³-hybridized carbons (Fsp3) is 0.769. The first-order valence-corrected chi connectivity index (χ1v) is 12.3. The van der Waals surface area contributed by atoms with E-state index in [1.807, 2.05) is 13.0 Å². The topological polar surface area (TPSA) is 18.5 Å². The van der Waals surface area contributed by atoms with Gasteiger partial charge in [0.25, 0.3) is 6.43 Å². The maximum absolute atomic E-state index is 13.7. The molecule has 4 heteroatoms. The summed E-state index contributed by atoms with van der Waals surface area (Å²) in [6.45, 7) is 4.68. The molecule has 2 fully saturated rings. The molecule has 1 aromatic carbocycles. The molecular weight excluding hydrogens is 382 g/mol. The Kier molecular flexibility index (Phi) is 7.20. The number of halogens is 2. The summed E-state index contributed by atoms with van der Waals surface area (Å²) in [5.74, 6) is 4.24. The van der Waals surface area contributed by atoms with Crippen molar-refractivity contribution in [3.8, 4) is 11.5 Å². The lowest BCUT2D eigenvalue weighted by atomic mass is 9.68. The Morgan fingerprint density at radius 2 is 1.53 bits per heavy atom. The highest BCUT2D eigenvalue weighted by molar-refractivity contribution is 5.49. The Morgan fingerprint density at radius 1 is 0.900 bits per heavy atom. The van der Waals surface area contributed by atoms with Crippen LogP contribution in [0.25, 0.3) is 0 Å². The number of rotatable bonds is 6. The summed E-state index contributed by atoms with van der Waals surface area (Å²) >= 11 is 0. The lowest BCUT2D eigenvalue weighted by Gasteiger charge is -2.41. The number of ether oxygens (including phenoxy) is 2. The zero-order valence-electron chi connectivity index (χ0n) is 18.7. The molecule has 1 aliphatic heterocycles. The van der Waals surface area contributed by atoms with Gasteiger partial charge in [-0.05, 0) is 99.7 Å². The fourth-order valence-electron chi connectivity index (χ4n) is 6.32. The molecule has 0 saturated heterocycles. The van der Waals surface area contributed by atoms with E-state index in [0.717, 1.165) is 36.2 Å². The Labute approximate surface area is 180 Å². The Bertz CT molecular complexity index is 689. The number of aryl methyl sites for hydroxylation is 1. The summed E-state index contributed by atoms with van der Waals surface area (Å²) in [7, 11) is 0. The average Bonchev–Trinajstić information content (AvgIpc) is 2.78. The maximum Gasteiger partial charge on any atom is 0.267 e. The zero-order chi connectivity index (χ0) is 21.1. The smallest absolute Gasteiger partial charge is 0.267 e. The van der Waals surface area contributed by atoms with Crippen LogP contribution in [0, 0.1) is 23.7 Å². The van der Waals surface area contributed by atoms with E-state index in [2.05, 4.69) is 6.92 Å². The highest BCUT2D eigenvalue weighted by Gasteiger charge is 2.36. The zero-order valence-corrected chi connectivity index (χ0v) is 18.7. The van der Waals surface area contributed by atoms with Crippen LogP contribution < -0.4 is 9.47 Å². The van der Waals surface area contributed by atoms with Gasteiger partial charge in [-0.1, -0.05) is 26.2 Å². The van der Waals surface area contributed by atoms with Gasteiger partial charge in [0.15, 0.2) is 0 Å². The van der Waals surface area contributed by atoms with E-state index in [0.29, 0.717) is 24.0 Å². The number of alkyl halides is 2. The van der Waals surface area contributed by atoms with E-state index in [-0.39, 0.29) is 11.7 Å². The van der Waals surface area contributed by atoms with Crippen molar-refractivity contribution in [1.29, 1.82) is 0 Å². The summed E-state index contributed by atoms with van der Waals surface area (Å²) in [6, 6.07) is 3.36. The van der Waals surface area contributed by atoms with Gasteiger partial charge in [0.05, 0.1) is 12.2 Å². The summed E-state index contributed by atoms with van der Waals surface area (Å²) in [4.78, 5) is 0. The molecule has 2 nitrogen and oxygen atoms in total. The van der Waals surface area contributed by atoms with Gasteiger partial charge in [-0.2, -0.15) is 0 Å². The van der Waals surface area contributed by atoms with Crippen molar-refractivity contribution < 1.29 is 18.3 Å². The Balaban J connectivity index is 1.36. The number of benzene rings is 1. The molecule has 4 rings (SSSR count). The first kappa shape index (κ1) is 21.9. The largest absolute Gasteiger partial charge is 0.494 e. The standard InChI is InChI=1S/C26H38F2O2/c1-3-17-5-7-18(8-6-17)19-9-11-20(12-10-19)24-14-13-21-15-22(29-4-2)16-23(26(27)28)25(21)30-24/h15-20,24,26H,3-14H2,1-2H3. The van der Waals surface area contributed by atoms with Crippen molar-refractivity contribution in [2.24, 2.45) is 23.7 Å². The SMILES string of the molecule is CCOc1cc2c(c(C(F)F)c1)OC(C1CCC(C3CCC(CC)CC3)CC1)CC2. The highest BCUT2D eigenvalue weighted by Crippen LogP contribution is 2.46. The van der Waals surface area contributed by atoms with Crippen molar-refractivity contribution >= 4 is 0 Å². The van der Waals surface area contributed by atoms with E-state index in [9.17, 15) is 8.78 Å². The van der Waals surface area contributed by atoms with Gasteiger partial charge in [0.2, 0.25) is 0 Å². The van der Waals surface area contributed by atoms with Crippen LogP contribution in [0.15, 0.2) is 12.1 Å². The summed E-state index contributed by atoms with van der Waals surface area (Å²) < 4.78 is 39.2. The van der Waals surface area contributed by atoms with Crippen molar-refractivity contribution in [2.45, 2.75) is 97.0 Å². The molecule has 1 unspecified atom stereocenters. The van der Waals surface area contributed by atoms with Gasteiger partial charge in [0, 0.05) is 0 Å². The number of hydrogen-bond acceptors (Lipinski definition) is 2. The van der Waals surface area contributed by atoms with Crippen molar-refractivity contribution in [3.05, 3.63) is 23.3 Å². The predicted molar refractivity (Wildman–Crippen MR) is 116 cm³/mol. The van der Waals surface area contributed by atoms with Crippen LogP contribution in [0.4, 0.5) is 8.78 Å². The average molecular weight is 421 g/mol. The second kappa shape index (κ2) is 9.87. The molecule has 1 aromatic rings. The minimum Gasteiger partial charge on any atom is -0.494 e. The van der Waals surface area contributed by atoms with Crippen LogP contribution in [0.3, 0.4) is 0 Å². The second-order valence-electron chi connectivity index (χ2n) is 9.79. The van der Waals surface area contributed by atoms with E-state index < -0.39 is 6.43 Å². The predicted octanol–water partition coefficient (Wildman–Crippen LogP) is 7.74. The van der Waals surface area contributed by atoms with Crippen molar-refractivity contribution in [3.63, 3.8) is 0 Å². The first-order chi connectivity index (χ1) is 14.6. The third-order valence-electron chi connectivity index (χ3n) is 8.16. The Hall–Kier alpha value is -1.32. The normalized spacial score (nSPS) is 31.8. The highest BCUT2D eigenvalue weighted by atomic mass is 19.3. The molecule has 0 spiro atoms. The van der Waals surface area contributed by atoms with Crippen LogP contribution in [0.1, 0.15) is 95.6 Å². The Morgan fingerprint density at radius 3 is 2.13 bits per heavy atom. The third kappa shape index (κ3) is 4.78. The minimum absolute atomic E-state index is 0.00187. The molecule has 0 aromatic heterocycles. The monoisotopic (exact) mass is 420 g/mol. The van der Waals surface area contributed by atoms with E-state index in [4.69, 9.17) is 9.47 Å². The van der Waals surface area contributed by atoms with Gasteiger partial charge in [0.1, 0.15) is 17.6 Å². The van der Waals surface area contributed by atoms with Crippen LogP contribution in [0.2, 0.25) is 0 Å². The lowest BCUT2D eigenvalue weighted by Crippen LogP contribution is -2.35. The second-order valence-corrected chi connectivity index (χ2v) is 9.79. The fourth-order valence-corrected chi connectivity index (χ4v) is 6.32. The molecule has 1 atom stereocenters. The van der Waals surface area contributed by atoms with E-state index in [1.54, 1.807) is 0 Å². The van der Waals surface area contributed by atoms with Gasteiger partial charge in [-0.15, -0.1) is 0 Å². The first-order valence-electron chi connectivity index (χ1n) is 12.3. The molecule has 0 radical (unpaired) electrons. The van der Waals surface area contributed by atoms with Gasteiger partial charge in [-0.3, -0.25) is 0 Å². The number of hydrogen-bond donors (Lipinski definition) is 0. The van der Waals surface area contributed by atoms with Gasteiger partial charge < -0.3 is 9.47 Å². The van der Waals surface area contributed by atoms with Crippen LogP contribution in [-0.4, -0.2) is 12.7 Å². The maximum atomic E-state index is 13.7. The molecule has 0 N–H and O–H groups in total. The van der Waals surface area contributed by atoms with Gasteiger partial charge in [-0.25, -0.2) is 8.78 Å². The van der Waals surface area contributed by atoms with E-state index in [1.165, 1.54) is 63.9 Å². The van der Waals surface area contributed by atoms with E-state index >= 15 is 0 Å². The van der Waals surface area contributed by atoms with Crippen LogP contribution >= 0.6 is 0 Å². The molecule has 0 bridgehead atoms. The molecule has 1 heterocycles. The van der Waals surface area contributed by atoms with Crippen molar-refractivity contribution in [2.75, 3.05) is 6.61 Å². The minimum atomic E-state index is -2.54. The molecule has 2 saturated carbocycles. The molecule has 168 valence electrons. The third-order valence-corrected chi connectivity index (χ3v) is 8.16. The lowest BCUT2D eigenvalue weighted by molar-refractivity contribution is 0.0549. The summed E-state index contributed by atoms with van der Waals surface area (Å²) in [5, 5.41) is 0. The molecule has 2 aliphatic carbocycles. The molecule has 30 heavy (non-hydrogen) atoms. The molecule has 3 aliphatic rings.